The Kier molecular flexibility index (Phi) is 7.31. The van der Waals surface area contributed by atoms with Crippen molar-refractivity contribution >= 4 is 23.5 Å². The van der Waals surface area contributed by atoms with Crippen molar-refractivity contribution in [3.05, 3.63) is 124 Å². The quantitative estimate of drug-likeness (QED) is 0.380. The van der Waals surface area contributed by atoms with Gasteiger partial charge in [-0.15, -0.1) is 0 Å². The number of thioether (sulfide) groups is 1. The Morgan fingerprint density at radius 3 is 2.24 bits per heavy atom. The first-order valence-electron chi connectivity index (χ1n) is 10.9. The van der Waals surface area contributed by atoms with E-state index in [9.17, 15) is 0 Å². The fourth-order valence-corrected chi connectivity index (χ4v) is 5.32. The molecule has 0 fully saturated rings. The van der Waals surface area contributed by atoms with Gasteiger partial charge in [-0.3, -0.25) is 4.98 Å². The third kappa shape index (κ3) is 5.21. The van der Waals surface area contributed by atoms with E-state index in [1.54, 1.807) is 0 Å². The molecule has 0 radical (unpaired) electrons. The maximum absolute atomic E-state index is 4.13. The third-order valence-corrected chi connectivity index (χ3v) is 6.92. The minimum Gasteiger partial charge on any atom is -1.00 e. The first kappa shape index (κ1) is 23.3. The van der Waals surface area contributed by atoms with Crippen LogP contribution in [-0.2, 0) is 13.1 Å². The Bertz CT molecular complexity index is 1250. The van der Waals surface area contributed by atoms with Crippen molar-refractivity contribution in [1.29, 1.82) is 0 Å². The summed E-state index contributed by atoms with van der Waals surface area (Å²) in [5.41, 5.74) is 7.60. The lowest BCUT2D eigenvalue weighted by Crippen LogP contribution is -3.00. The van der Waals surface area contributed by atoms with Crippen molar-refractivity contribution in [2.75, 3.05) is 4.90 Å². The molecule has 2 aromatic carbocycles. The first-order chi connectivity index (χ1) is 15.7. The second-order valence-electron chi connectivity index (χ2n) is 8.14. The van der Waals surface area contributed by atoms with Gasteiger partial charge in [0.2, 0.25) is 0 Å². The maximum Gasteiger partial charge on any atom is 0.179 e. The van der Waals surface area contributed by atoms with Gasteiger partial charge in [0.15, 0.2) is 17.9 Å². The molecule has 0 bridgehead atoms. The van der Waals surface area contributed by atoms with Crippen LogP contribution in [0.25, 0.3) is 6.08 Å². The van der Waals surface area contributed by atoms with E-state index in [-0.39, 0.29) is 17.0 Å². The Balaban J connectivity index is 0.00000259. The highest BCUT2D eigenvalue weighted by Gasteiger charge is 2.25. The van der Waals surface area contributed by atoms with Gasteiger partial charge in [0.05, 0.1) is 10.7 Å². The van der Waals surface area contributed by atoms with Gasteiger partial charge in [0, 0.05) is 55.4 Å². The zero-order chi connectivity index (χ0) is 21.9. The predicted molar refractivity (Wildman–Crippen MR) is 132 cm³/mol. The molecule has 0 atom stereocenters. The summed E-state index contributed by atoms with van der Waals surface area (Å²) < 4.78 is 2.36. The summed E-state index contributed by atoms with van der Waals surface area (Å²) in [6, 6.07) is 28.1. The van der Waals surface area contributed by atoms with Crippen LogP contribution in [0.15, 0.2) is 101 Å². The lowest BCUT2D eigenvalue weighted by atomic mass is 10.1. The van der Waals surface area contributed by atoms with Crippen LogP contribution in [0.2, 0.25) is 0 Å². The van der Waals surface area contributed by atoms with E-state index >= 15 is 0 Å². The van der Waals surface area contributed by atoms with Crippen molar-refractivity contribution in [3.8, 4) is 0 Å². The van der Waals surface area contributed by atoms with Crippen LogP contribution in [0.4, 0.5) is 5.69 Å². The van der Waals surface area contributed by atoms with Crippen LogP contribution in [-0.4, -0.2) is 4.98 Å². The van der Waals surface area contributed by atoms with Crippen molar-refractivity contribution in [1.82, 2.24) is 4.98 Å². The number of fused-ring (bicyclic) bond motifs is 1. The van der Waals surface area contributed by atoms with Gasteiger partial charge in [0.25, 0.3) is 0 Å². The number of halogens is 1. The zero-order valence-electron chi connectivity index (χ0n) is 18.8. The summed E-state index contributed by atoms with van der Waals surface area (Å²) in [6.45, 7) is 6.10. The Labute approximate surface area is 210 Å². The van der Waals surface area contributed by atoms with Crippen molar-refractivity contribution in [2.24, 2.45) is 0 Å². The van der Waals surface area contributed by atoms with Crippen LogP contribution >= 0.6 is 11.8 Å². The summed E-state index contributed by atoms with van der Waals surface area (Å²) in [7, 11) is 0. The molecule has 4 aromatic rings. The predicted octanol–water partition coefficient (Wildman–Crippen LogP) is 3.15. The van der Waals surface area contributed by atoms with Gasteiger partial charge < -0.3 is 21.9 Å². The number of rotatable bonds is 5. The highest BCUT2D eigenvalue weighted by atomic mass is 79.9. The standard InChI is InChI=1S/C28H26N3S.BrH/c1-21-16-25(17-22(2)30(21)19-24-12-14-29-15-13-24)18-28-31(20-23-8-4-3-5-9-23)26-10-6-7-11-27(26)32-28;/h3-18H,19-20H2,1-2H3;1H/q+1;/p-1. The molecule has 2 aromatic heterocycles. The van der Waals surface area contributed by atoms with E-state index in [0.29, 0.717) is 0 Å². The number of anilines is 1. The SMILES string of the molecule is Cc1cc(/C=C2\Sc3ccccc3N2Cc2ccccc2)cc(C)[n+]1Cc1ccncc1.[Br-]. The first-order valence-corrected chi connectivity index (χ1v) is 11.7. The van der Waals surface area contributed by atoms with Gasteiger partial charge >= 0.3 is 0 Å². The van der Waals surface area contributed by atoms with Crippen LogP contribution in [0.5, 0.6) is 0 Å². The minimum absolute atomic E-state index is 0. The Hall–Kier alpha value is -2.89. The average Bonchev–Trinajstić information content (AvgIpc) is 3.14. The number of benzene rings is 2. The number of para-hydroxylation sites is 1. The number of pyridine rings is 2. The smallest absolute Gasteiger partial charge is 0.179 e. The summed E-state index contributed by atoms with van der Waals surface area (Å²) >= 11 is 1.85. The van der Waals surface area contributed by atoms with Gasteiger partial charge in [-0.1, -0.05) is 54.2 Å². The minimum atomic E-state index is 0. The van der Waals surface area contributed by atoms with E-state index in [1.165, 1.54) is 43.7 Å². The monoisotopic (exact) mass is 515 g/mol. The molecule has 0 saturated heterocycles. The zero-order valence-corrected chi connectivity index (χ0v) is 21.2. The average molecular weight is 517 g/mol. The normalized spacial score (nSPS) is 13.6. The number of hydrogen-bond acceptors (Lipinski definition) is 3. The Morgan fingerprint density at radius 2 is 1.52 bits per heavy atom. The topological polar surface area (TPSA) is 20.0 Å². The van der Waals surface area contributed by atoms with Crippen molar-refractivity contribution in [3.63, 3.8) is 0 Å². The van der Waals surface area contributed by atoms with Crippen LogP contribution in [0.1, 0.15) is 28.1 Å². The van der Waals surface area contributed by atoms with Crippen LogP contribution in [0.3, 0.4) is 0 Å². The fourth-order valence-electron chi connectivity index (χ4n) is 4.19. The van der Waals surface area contributed by atoms with Gasteiger partial charge in [-0.2, -0.15) is 4.57 Å². The van der Waals surface area contributed by atoms with Gasteiger partial charge in [0.1, 0.15) is 0 Å². The van der Waals surface area contributed by atoms with Crippen LogP contribution in [0, 0.1) is 13.8 Å². The summed E-state index contributed by atoms with van der Waals surface area (Å²) in [4.78, 5) is 7.87. The van der Waals surface area contributed by atoms with E-state index < -0.39 is 0 Å². The molecule has 166 valence electrons. The summed E-state index contributed by atoms with van der Waals surface area (Å²) in [5.74, 6) is 0. The number of aromatic nitrogens is 2. The lowest BCUT2D eigenvalue weighted by molar-refractivity contribution is -0.700. The molecule has 1 aliphatic rings. The molecule has 0 aliphatic carbocycles. The number of aryl methyl sites for hydroxylation is 2. The second-order valence-corrected chi connectivity index (χ2v) is 9.20. The Morgan fingerprint density at radius 1 is 0.848 bits per heavy atom. The highest BCUT2D eigenvalue weighted by Crippen LogP contribution is 2.47. The number of hydrogen-bond donors (Lipinski definition) is 0. The highest BCUT2D eigenvalue weighted by molar-refractivity contribution is 8.03. The largest absolute Gasteiger partial charge is 1.00 e. The molecular formula is C28H26BrN3S. The molecule has 0 saturated carbocycles. The molecule has 0 unspecified atom stereocenters. The van der Waals surface area contributed by atoms with Gasteiger partial charge in [-0.25, -0.2) is 0 Å². The molecule has 1 aliphatic heterocycles. The molecular weight excluding hydrogens is 490 g/mol. The van der Waals surface area contributed by atoms with E-state index in [2.05, 4.69) is 113 Å². The molecule has 0 N–H and O–H groups in total. The lowest BCUT2D eigenvalue weighted by Gasteiger charge is -2.21. The molecule has 3 heterocycles. The molecule has 5 heteroatoms. The fraction of sp³-hybridized carbons (Fsp3) is 0.143. The molecule has 3 nitrogen and oxygen atoms in total. The van der Waals surface area contributed by atoms with Crippen molar-refractivity contribution in [2.45, 2.75) is 31.8 Å². The maximum atomic E-state index is 4.13. The van der Waals surface area contributed by atoms with Crippen LogP contribution < -0.4 is 26.4 Å². The number of nitrogens with zero attached hydrogens (tertiary/aromatic N) is 3. The molecule has 33 heavy (non-hydrogen) atoms. The molecule has 5 rings (SSSR count). The van der Waals surface area contributed by atoms with E-state index in [1.807, 2.05) is 24.2 Å². The summed E-state index contributed by atoms with van der Waals surface area (Å²) in [5, 5.41) is 1.26. The van der Waals surface area contributed by atoms with Crippen molar-refractivity contribution < 1.29 is 21.5 Å². The molecule has 0 amide bonds. The molecule has 0 spiro atoms. The second kappa shape index (κ2) is 10.4. The van der Waals surface area contributed by atoms with Gasteiger partial charge in [-0.05, 0) is 41.5 Å². The van der Waals surface area contributed by atoms with E-state index in [4.69, 9.17) is 0 Å². The third-order valence-electron chi connectivity index (χ3n) is 5.80. The summed E-state index contributed by atoms with van der Waals surface area (Å²) in [6.07, 6.45) is 6.04. The van der Waals surface area contributed by atoms with E-state index in [0.717, 1.165) is 13.1 Å².